The van der Waals surface area contributed by atoms with Crippen LogP contribution in [0.15, 0.2) is 18.2 Å². The number of piperidine rings is 1. The molecular formula is C25H36N4O4. The molecule has 0 saturated carbocycles. The molecule has 0 spiro atoms. The van der Waals surface area contributed by atoms with Crippen LogP contribution in [0.25, 0.3) is 0 Å². The fraction of sp³-hybridized carbons (Fsp3) is 0.600. The Balaban J connectivity index is 1.43. The number of fused-ring (bicyclic) bond motifs is 1. The van der Waals surface area contributed by atoms with Crippen LogP contribution in [0.3, 0.4) is 0 Å². The Morgan fingerprint density at radius 3 is 2.15 bits per heavy atom. The molecule has 180 valence electrons. The highest BCUT2D eigenvalue weighted by Crippen LogP contribution is 2.32. The van der Waals surface area contributed by atoms with Gasteiger partial charge in [0.25, 0.3) is 11.8 Å². The lowest BCUT2D eigenvalue weighted by atomic mass is 10.0. The van der Waals surface area contributed by atoms with E-state index in [0.717, 1.165) is 37.3 Å². The van der Waals surface area contributed by atoms with Crippen molar-refractivity contribution in [3.63, 3.8) is 0 Å². The second-order valence-corrected chi connectivity index (χ2v) is 8.93. The fourth-order valence-electron chi connectivity index (χ4n) is 4.57. The number of anilines is 1. The summed E-state index contributed by atoms with van der Waals surface area (Å²) in [6, 6.07) is 4.21. The first-order valence-corrected chi connectivity index (χ1v) is 12.3. The van der Waals surface area contributed by atoms with E-state index in [1.54, 1.807) is 18.2 Å². The normalized spacial score (nSPS) is 18.0. The Kier molecular flexibility index (Phi) is 9.42. The summed E-state index contributed by atoms with van der Waals surface area (Å²) in [7, 11) is 0. The van der Waals surface area contributed by atoms with Crippen molar-refractivity contribution < 1.29 is 19.2 Å². The second-order valence-electron chi connectivity index (χ2n) is 8.93. The van der Waals surface area contributed by atoms with Crippen molar-refractivity contribution in [2.75, 3.05) is 18.4 Å². The summed E-state index contributed by atoms with van der Waals surface area (Å²) in [5.74, 6) is -1.92. The van der Waals surface area contributed by atoms with Crippen LogP contribution >= 0.6 is 0 Å². The molecular weight excluding hydrogens is 420 g/mol. The molecule has 1 atom stereocenters. The fourth-order valence-corrected chi connectivity index (χ4v) is 4.57. The predicted octanol–water partition coefficient (Wildman–Crippen LogP) is 3.36. The maximum absolute atomic E-state index is 13.1. The van der Waals surface area contributed by atoms with Gasteiger partial charge in [0.15, 0.2) is 0 Å². The largest absolute Gasteiger partial charge is 0.384 e. The van der Waals surface area contributed by atoms with Gasteiger partial charge in [-0.1, -0.05) is 57.4 Å². The molecule has 0 radical (unpaired) electrons. The van der Waals surface area contributed by atoms with E-state index < -0.39 is 23.8 Å². The number of carbonyl (C=O) groups is 4. The van der Waals surface area contributed by atoms with E-state index in [2.05, 4.69) is 10.6 Å². The molecule has 0 bridgehead atoms. The molecule has 1 aromatic rings. The van der Waals surface area contributed by atoms with Gasteiger partial charge in [-0.3, -0.25) is 29.4 Å². The van der Waals surface area contributed by atoms with Crippen molar-refractivity contribution >= 4 is 29.3 Å². The minimum Gasteiger partial charge on any atom is -0.384 e. The number of nitrogens with two attached hydrogens (primary N) is 1. The minimum absolute atomic E-state index is 0.114. The smallest absolute Gasteiger partial charge is 0.264 e. The second kappa shape index (κ2) is 12.5. The van der Waals surface area contributed by atoms with Crippen LogP contribution in [0.4, 0.5) is 5.69 Å². The molecule has 8 nitrogen and oxygen atoms in total. The van der Waals surface area contributed by atoms with Gasteiger partial charge in [0, 0.05) is 18.7 Å². The lowest BCUT2D eigenvalue weighted by molar-refractivity contribution is -0.136. The lowest BCUT2D eigenvalue weighted by Gasteiger charge is -2.27. The number of nitrogens with zero attached hydrogens (tertiary/aromatic N) is 1. The van der Waals surface area contributed by atoms with E-state index >= 15 is 0 Å². The van der Waals surface area contributed by atoms with Gasteiger partial charge < -0.3 is 11.1 Å². The van der Waals surface area contributed by atoms with Crippen LogP contribution in [-0.4, -0.2) is 47.7 Å². The van der Waals surface area contributed by atoms with Gasteiger partial charge >= 0.3 is 0 Å². The van der Waals surface area contributed by atoms with Crippen LogP contribution in [0.2, 0.25) is 0 Å². The monoisotopic (exact) mass is 456 g/mol. The van der Waals surface area contributed by atoms with Crippen LogP contribution in [0, 0.1) is 0 Å². The van der Waals surface area contributed by atoms with Gasteiger partial charge in [0.05, 0.1) is 11.1 Å². The van der Waals surface area contributed by atoms with E-state index in [1.165, 1.54) is 44.9 Å². The highest BCUT2D eigenvalue weighted by atomic mass is 16.2. The quantitative estimate of drug-likeness (QED) is 0.291. The zero-order chi connectivity index (χ0) is 23.6. The summed E-state index contributed by atoms with van der Waals surface area (Å²) in [6.45, 7) is 1.51. The number of benzene rings is 1. The molecule has 33 heavy (non-hydrogen) atoms. The van der Waals surface area contributed by atoms with Crippen LogP contribution in [0.1, 0.15) is 97.8 Å². The zero-order valence-corrected chi connectivity index (χ0v) is 19.4. The number of hydrogen-bond acceptors (Lipinski definition) is 6. The molecule has 1 aromatic carbocycles. The maximum Gasteiger partial charge on any atom is 0.264 e. The SMILES string of the molecule is NCCCCCCCCCCCCNc1cccc2c1C(=O)N(C1CCC(=O)NC1=O)C2=O. The van der Waals surface area contributed by atoms with Crippen molar-refractivity contribution in [1.29, 1.82) is 0 Å². The number of rotatable bonds is 14. The molecule has 4 N–H and O–H groups in total. The zero-order valence-electron chi connectivity index (χ0n) is 19.4. The average Bonchev–Trinajstić information content (AvgIpc) is 3.05. The first-order valence-electron chi connectivity index (χ1n) is 12.3. The Bertz CT molecular complexity index is 870. The van der Waals surface area contributed by atoms with E-state index in [9.17, 15) is 19.2 Å². The van der Waals surface area contributed by atoms with Crippen LogP contribution < -0.4 is 16.4 Å². The molecule has 2 heterocycles. The number of amides is 4. The number of unbranched alkanes of at least 4 members (excludes halogenated alkanes) is 9. The molecule has 2 aliphatic heterocycles. The van der Waals surface area contributed by atoms with Crippen LogP contribution in [-0.2, 0) is 9.59 Å². The van der Waals surface area contributed by atoms with Crippen molar-refractivity contribution in [3.05, 3.63) is 29.3 Å². The third-order valence-corrected chi connectivity index (χ3v) is 6.41. The average molecular weight is 457 g/mol. The standard InChI is InChI=1S/C25H36N4O4/c26-16-9-7-5-3-1-2-4-6-8-10-17-27-19-13-11-12-18-22(19)25(33)29(24(18)32)20-14-15-21(30)28-23(20)31/h11-13,20,27H,1-10,14-17,26H2,(H,28,30,31). The van der Waals surface area contributed by atoms with Crippen molar-refractivity contribution in [2.24, 2.45) is 5.73 Å². The number of imide groups is 2. The van der Waals surface area contributed by atoms with Gasteiger partial charge in [-0.15, -0.1) is 0 Å². The van der Waals surface area contributed by atoms with Gasteiger partial charge in [-0.2, -0.15) is 0 Å². The van der Waals surface area contributed by atoms with Gasteiger partial charge in [0.1, 0.15) is 6.04 Å². The topological polar surface area (TPSA) is 122 Å². The van der Waals surface area contributed by atoms with E-state index in [0.29, 0.717) is 16.8 Å². The highest BCUT2D eigenvalue weighted by molar-refractivity contribution is 6.25. The van der Waals surface area contributed by atoms with Crippen molar-refractivity contribution in [2.45, 2.75) is 83.1 Å². The molecule has 3 rings (SSSR count). The summed E-state index contributed by atoms with van der Waals surface area (Å²) in [5.41, 5.74) is 6.76. The molecule has 2 aliphatic rings. The molecule has 8 heteroatoms. The van der Waals surface area contributed by atoms with E-state index in [4.69, 9.17) is 5.73 Å². The molecule has 0 aromatic heterocycles. The van der Waals surface area contributed by atoms with Crippen molar-refractivity contribution in [1.82, 2.24) is 10.2 Å². The minimum atomic E-state index is -0.941. The summed E-state index contributed by atoms with van der Waals surface area (Å²) >= 11 is 0. The summed E-state index contributed by atoms with van der Waals surface area (Å²) in [4.78, 5) is 50.6. The Hall–Kier alpha value is -2.74. The molecule has 4 amide bonds. The van der Waals surface area contributed by atoms with Crippen molar-refractivity contribution in [3.8, 4) is 0 Å². The highest BCUT2D eigenvalue weighted by Gasteiger charge is 2.45. The lowest BCUT2D eigenvalue weighted by Crippen LogP contribution is -2.54. The van der Waals surface area contributed by atoms with Gasteiger partial charge in [0.2, 0.25) is 11.8 Å². The number of hydrogen-bond donors (Lipinski definition) is 3. The number of carbonyl (C=O) groups excluding carboxylic acids is 4. The Morgan fingerprint density at radius 1 is 0.879 bits per heavy atom. The Morgan fingerprint density at radius 2 is 1.52 bits per heavy atom. The molecule has 1 unspecified atom stereocenters. The van der Waals surface area contributed by atoms with Gasteiger partial charge in [-0.25, -0.2) is 0 Å². The Labute approximate surface area is 195 Å². The van der Waals surface area contributed by atoms with E-state index in [1.807, 2.05) is 0 Å². The molecule has 1 saturated heterocycles. The summed E-state index contributed by atoms with van der Waals surface area (Å²) < 4.78 is 0. The third-order valence-electron chi connectivity index (χ3n) is 6.41. The summed E-state index contributed by atoms with van der Waals surface area (Å²) in [6.07, 6.45) is 12.3. The van der Waals surface area contributed by atoms with Gasteiger partial charge in [-0.05, 0) is 37.9 Å². The predicted molar refractivity (Wildman–Crippen MR) is 127 cm³/mol. The molecule has 0 aliphatic carbocycles. The first-order chi connectivity index (χ1) is 16.0. The third kappa shape index (κ3) is 6.41. The molecule has 1 fully saturated rings. The first kappa shape index (κ1) is 24.9. The van der Waals surface area contributed by atoms with Crippen LogP contribution in [0.5, 0.6) is 0 Å². The summed E-state index contributed by atoms with van der Waals surface area (Å²) in [5, 5.41) is 5.53. The maximum atomic E-state index is 13.1. The van der Waals surface area contributed by atoms with E-state index in [-0.39, 0.29) is 18.7 Å². The number of nitrogens with one attached hydrogen (secondary N) is 2.